The van der Waals surface area contributed by atoms with E-state index in [-0.39, 0.29) is 5.82 Å². The lowest BCUT2D eigenvalue weighted by Crippen LogP contribution is -2.51. The summed E-state index contributed by atoms with van der Waals surface area (Å²) >= 11 is 0. The van der Waals surface area contributed by atoms with Crippen LogP contribution in [0.5, 0.6) is 5.88 Å². The van der Waals surface area contributed by atoms with Gasteiger partial charge in [-0.2, -0.15) is 0 Å². The van der Waals surface area contributed by atoms with Crippen molar-refractivity contribution in [2.75, 3.05) is 44.7 Å². The molecule has 1 saturated heterocycles. The number of rotatable bonds is 5. The highest BCUT2D eigenvalue weighted by atomic mass is 19.1. The van der Waals surface area contributed by atoms with E-state index in [0.717, 1.165) is 37.6 Å². The van der Waals surface area contributed by atoms with Crippen molar-refractivity contribution in [3.8, 4) is 5.88 Å². The number of methoxy groups -OCH3 is 1. The summed E-state index contributed by atoms with van der Waals surface area (Å²) in [4.78, 5) is 13.2. The van der Waals surface area contributed by atoms with Gasteiger partial charge in [-0.1, -0.05) is 6.07 Å². The third-order valence-electron chi connectivity index (χ3n) is 4.43. The Morgan fingerprint density at radius 2 is 1.88 bits per heavy atom. The Labute approximate surface area is 153 Å². The number of hydrogen-bond acceptors (Lipinski definition) is 4. The van der Waals surface area contributed by atoms with Gasteiger partial charge in [0.1, 0.15) is 5.82 Å². The maximum absolute atomic E-state index is 13.0. The van der Waals surface area contributed by atoms with E-state index in [1.165, 1.54) is 12.1 Å². The first-order chi connectivity index (χ1) is 12.7. The smallest absolute Gasteiger partial charge is 0.213 e. The molecule has 0 aliphatic carbocycles. The van der Waals surface area contributed by atoms with Crippen molar-refractivity contribution in [1.82, 2.24) is 9.88 Å². The van der Waals surface area contributed by atoms with Crippen molar-refractivity contribution in [3.05, 3.63) is 54.0 Å². The number of nitrogens with zero attached hydrogens (tertiary/aromatic N) is 4. The van der Waals surface area contributed by atoms with Crippen LogP contribution in [0.4, 0.5) is 10.1 Å². The maximum Gasteiger partial charge on any atom is 0.213 e. The highest BCUT2D eigenvalue weighted by Gasteiger charge is 2.18. The first-order valence-corrected chi connectivity index (χ1v) is 8.71. The summed E-state index contributed by atoms with van der Waals surface area (Å²) < 4.78 is 18.2. The number of halogens is 1. The average Bonchev–Trinajstić information content (AvgIpc) is 2.69. The molecule has 0 unspecified atom stereocenters. The summed E-state index contributed by atoms with van der Waals surface area (Å²) in [7, 11) is 1.60. The quantitative estimate of drug-likeness (QED) is 0.654. The topological polar surface area (TPSA) is 67.0 Å². The second-order valence-corrected chi connectivity index (χ2v) is 6.11. The first kappa shape index (κ1) is 18.0. The fraction of sp³-hybridized carbons (Fsp3) is 0.368. The molecule has 0 bridgehead atoms. The monoisotopic (exact) mass is 357 g/mol. The van der Waals surface area contributed by atoms with Crippen molar-refractivity contribution in [2.45, 2.75) is 6.42 Å². The van der Waals surface area contributed by atoms with Gasteiger partial charge >= 0.3 is 0 Å². The van der Waals surface area contributed by atoms with E-state index in [0.29, 0.717) is 24.8 Å². The lowest BCUT2D eigenvalue weighted by Gasteiger charge is -2.36. The first-order valence-electron chi connectivity index (χ1n) is 8.71. The molecule has 0 spiro atoms. The number of aliphatic imine (C=N–C) groups is 1. The van der Waals surface area contributed by atoms with Crippen molar-refractivity contribution >= 4 is 11.6 Å². The predicted octanol–water partition coefficient (Wildman–Crippen LogP) is 1.91. The van der Waals surface area contributed by atoms with Crippen LogP contribution in [0.2, 0.25) is 0 Å². The van der Waals surface area contributed by atoms with Gasteiger partial charge in [0.2, 0.25) is 5.88 Å². The second-order valence-electron chi connectivity index (χ2n) is 6.11. The van der Waals surface area contributed by atoms with E-state index >= 15 is 0 Å². The molecule has 0 saturated carbocycles. The Bertz CT molecular complexity index is 742. The third kappa shape index (κ3) is 4.62. The van der Waals surface area contributed by atoms with Crippen LogP contribution >= 0.6 is 0 Å². The summed E-state index contributed by atoms with van der Waals surface area (Å²) in [6.45, 7) is 3.84. The second kappa shape index (κ2) is 8.51. The average molecular weight is 357 g/mol. The summed E-state index contributed by atoms with van der Waals surface area (Å²) in [5.41, 5.74) is 8.10. The number of hydrogen-bond donors (Lipinski definition) is 1. The molecule has 0 amide bonds. The number of guanidine groups is 1. The third-order valence-corrected chi connectivity index (χ3v) is 4.43. The molecule has 2 heterocycles. The summed E-state index contributed by atoms with van der Waals surface area (Å²) in [5, 5.41) is 0. The largest absolute Gasteiger partial charge is 0.481 e. The zero-order valence-electron chi connectivity index (χ0n) is 14.9. The normalized spacial score (nSPS) is 15.2. The molecular weight excluding hydrogens is 333 g/mol. The van der Waals surface area contributed by atoms with Crippen LogP contribution in [0.15, 0.2) is 47.5 Å². The van der Waals surface area contributed by atoms with E-state index in [2.05, 4.69) is 19.8 Å². The van der Waals surface area contributed by atoms with Crippen molar-refractivity contribution < 1.29 is 9.13 Å². The number of anilines is 1. The van der Waals surface area contributed by atoms with Crippen LogP contribution in [0.1, 0.15) is 5.69 Å². The minimum absolute atomic E-state index is 0.214. The molecule has 1 aromatic carbocycles. The molecule has 2 aromatic rings. The molecule has 1 aliphatic rings. The fourth-order valence-corrected chi connectivity index (χ4v) is 2.94. The zero-order chi connectivity index (χ0) is 18.4. The number of ether oxygens (including phenoxy) is 1. The number of piperazine rings is 1. The molecule has 1 aliphatic heterocycles. The Balaban J connectivity index is 1.48. The molecule has 0 radical (unpaired) electrons. The van der Waals surface area contributed by atoms with Crippen LogP contribution in [-0.2, 0) is 6.42 Å². The van der Waals surface area contributed by atoms with Crippen LogP contribution in [0.25, 0.3) is 0 Å². The van der Waals surface area contributed by atoms with Crippen LogP contribution in [0, 0.1) is 5.82 Å². The van der Waals surface area contributed by atoms with E-state index in [9.17, 15) is 4.39 Å². The van der Waals surface area contributed by atoms with Gasteiger partial charge in [-0.25, -0.2) is 9.37 Å². The lowest BCUT2D eigenvalue weighted by molar-refractivity contribution is 0.380. The number of pyridine rings is 1. The van der Waals surface area contributed by atoms with Crippen molar-refractivity contribution in [2.24, 2.45) is 10.7 Å². The Morgan fingerprint density at radius 1 is 1.15 bits per heavy atom. The molecule has 138 valence electrons. The van der Waals surface area contributed by atoms with Gasteiger partial charge in [0.15, 0.2) is 5.96 Å². The van der Waals surface area contributed by atoms with E-state index in [1.807, 2.05) is 30.3 Å². The van der Waals surface area contributed by atoms with Gasteiger partial charge in [0.05, 0.1) is 7.11 Å². The molecule has 26 heavy (non-hydrogen) atoms. The van der Waals surface area contributed by atoms with Crippen LogP contribution in [-0.4, -0.2) is 55.7 Å². The van der Waals surface area contributed by atoms with Crippen molar-refractivity contribution in [3.63, 3.8) is 0 Å². The number of aromatic nitrogens is 1. The van der Waals surface area contributed by atoms with Gasteiger partial charge in [-0.05, 0) is 30.3 Å². The lowest BCUT2D eigenvalue weighted by atomic mass is 10.2. The van der Waals surface area contributed by atoms with Gasteiger partial charge in [-0.15, -0.1) is 0 Å². The van der Waals surface area contributed by atoms with E-state index in [4.69, 9.17) is 10.5 Å². The zero-order valence-corrected chi connectivity index (χ0v) is 14.9. The van der Waals surface area contributed by atoms with Gasteiger partial charge in [0.25, 0.3) is 0 Å². The van der Waals surface area contributed by atoms with Crippen LogP contribution in [0.3, 0.4) is 0 Å². The molecule has 6 nitrogen and oxygen atoms in total. The minimum Gasteiger partial charge on any atom is -0.481 e. The standard InChI is InChI=1S/C19H24FN5O/c1-26-18-4-2-3-16(23-18)9-10-22-19(21)25-13-11-24(12-14-25)17-7-5-15(20)6-8-17/h2-8H,9-14H2,1H3,(H2,21,22). The highest BCUT2D eigenvalue weighted by molar-refractivity contribution is 5.78. The maximum atomic E-state index is 13.0. The molecule has 1 fully saturated rings. The van der Waals surface area contributed by atoms with E-state index < -0.39 is 0 Å². The van der Waals surface area contributed by atoms with Gasteiger partial charge in [-0.3, -0.25) is 4.99 Å². The Morgan fingerprint density at radius 3 is 2.58 bits per heavy atom. The SMILES string of the molecule is COc1cccc(CCN=C(N)N2CCN(c3ccc(F)cc3)CC2)n1. The van der Waals surface area contributed by atoms with E-state index in [1.54, 1.807) is 7.11 Å². The van der Waals surface area contributed by atoms with Crippen LogP contribution < -0.4 is 15.4 Å². The summed E-state index contributed by atoms with van der Waals surface area (Å²) in [5.74, 6) is 0.956. The molecule has 0 atom stereocenters. The summed E-state index contributed by atoms with van der Waals surface area (Å²) in [6.07, 6.45) is 0.716. The fourth-order valence-electron chi connectivity index (χ4n) is 2.94. The molecule has 1 aromatic heterocycles. The molecular formula is C19H24FN5O. The predicted molar refractivity (Wildman–Crippen MR) is 101 cm³/mol. The Hall–Kier alpha value is -2.83. The Kier molecular flexibility index (Phi) is 5.88. The van der Waals surface area contributed by atoms with Gasteiger partial charge in [0, 0.05) is 56.6 Å². The highest BCUT2D eigenvalue weighted by Crippen LogP contribution is 2.16. The molecule has 2 N–H and O–H groups in total. The summed E-state index contributed by atoms with van der Waals surface area (Å²) in [6, 6.07) is 12.3. The molecule has 3 rings (SSSR count). The molecule has 7 heteroatoms. The van der Waals surface area contributed by atoms with Crippen molar-refractivity contribution in [1.29, 1.82) is 0 Å². The number of nitrogens with two attached hydrogens (primary N) is 1. The minimum atomic E-state index is -0.214. The van der Waals surface area contributed by atoms with Gasteiger partial charge < -0.3 is 20.3 Å². The number of benzene rings is 1.